The lowest BCUT2D eigenvalue weighted by atomic mass is 9.86. The van der Waals surface area contributed by atoms with E-state index in [0.717, 1.165) is 25.5 Å². The minimum absolute atomic E-state index is 0.122. The Labute approximate surface area is 116 Å². The molecule has 1 heterocycles. The smallest absolute Gasteiger partial charge is 0.233 e. The molecule has 0 unspecified atom stereocenters. The van der Waals surface area contributed by atoms with E-state index >= 15 is 0 Å². The molecule has 2 fully saturated rings. The molecule has 1 saturated carbocycles. The van der Waals surface area contributed by atoms with Crippen molar-refractivity contribution in [1.29, 1.82) is 0 Å². The summed E-state index contributed by atoms with van der Waals surface area (Å²) in [4.78, 5) is 14.1. The number of hydrogen-bond donors (Lipinski definition) is 1. The van der Waals surface area contributed by atoms with Crippen molar-refractivity contribution in [2.45, 2.75) is 57.6 Å². The second-order valence-electron chi connectivity index (χ2n) is 6.15. The van der Waals surface area contributed by atoms with Gasteiger partial charge < -0.3 is 10.1 Å². The normalized spacial score (nSPS) is 31.6. The van der Waals surface area contributed by atoms with Gasteiger partial charge in [-0.1, -0.05) is 6.92 Å². The molecule has 1 atom stereocenters. The topological polar surface area (TPSA) is 41.6 Å². The number of amides is 1. The van der Waals surface area contributed by atoms with E-state index in [9.17, 15) is 4.79 Å². The van der Waals surface area contributed by atoms with Gasteiger partial charge in [0.2, 0.25) is 5.91 Å². The Morgan fingerprint density at radius 1 is 1.26 bits per heavy atom. The van der Waals surface area contributed by atoms with E-state index in [4.69, 9.17) is 4.74 Å². The van der Waals surface area contributed by atoms with Crippen molar-refractivity contribution in [2.24, 2.45) is 5.92 Å². The molecule has 1 aliphatic heterocycles. The van der Waals surface area contributed by atoms with E-state index in [0.29, 0.717) is 18.7 Å². The monoisotopic (exact) mass is 268 g/mol. The van der Waals surface area contributed by atoms with Crippen LogP contribution in [-0.4, -0.2) is 49.7 Å². The standard InChI is InChI=1S/C15H28N2O2/c1-12-5-7-13(8-6-12)17(11-15(18)16-2)10-14-4-3-9-19-14/h12-14H,3-11H2,1-2H3,(H,16,18)/t12?,13?,14-/m0/s1. The summed E-state index contributed by atoms with van der Waals surface area (Å²) in [5.74, 6) is 0.970. The number of ether oxygens (including phenoxy) is 1. The van der Waals surface area contributed by atoms with Crippen LogP contribution in [0.1, 0.15) is 45.4 Å². The van der Waals surface area contributed by atoms with Crippen molar-refractivity contribution < 1.29 is 9.53 Å². The summed E-state index contributed by atoms with van der Waals surface area (Å²) in [5, 5.41) is 2.75. The van der Waals surface area contributed by atoms with Crippen LogP contribution in [0.15, 0.2) is 0 Å². The van der Waals surface area contributed by atoms with Crippen LogP contribution in [0, 0.1) is 5.92 Å². The van der Waals surface area contributed by atoms with Crippen molar-refractivity contribution in [3.05, 3.63) is 0 Å². The van der Waals surface area contributed by atoms with Gasteiger partial charge in [-0.25, -0.2) is 0 Å². The second-order valence-corrected chi connectivity index (χ2v) is 6.15. The molecule has 0 spiro atoms. The molecule has 1 aliphatic carbocycles. The van der Waals surface area contributed by atoms with Crippen LogP contribution in [-0.2, 0) is 9.53 Å². The maximum Gasteiger partial charge on any atom is 0.233 e. The highest BCUT2D eigenvalue weighted by atomic mass is 16.5. The first-order chi connectivity index (χ1) is 9.19. The third kappa shape index (κ3) is 4.46. The van der Waals surface area contributed by atoms with Crippen molar-refractivity contribution in [3.8, 4) is 0 Å². The first-order valence-corrected chi connectivity index (χ1v) is 7.75. The van der Waals surface area contributed by atoms with Crippen molar-refractivity contribution in [3.63, 3.8) is 0 Å². The lowest BCUT2D eigenvalue weighted by molar-refractivity contribution is -0.123. The number of nitrogens with one attached hydrogen (secondary N) is 1. The van der Waals surface area contributed by atoms with Gasteiger partial charge in [0.1, 0.15) is 0 Å². The molecular weight excluding hydrogens is 240 g/mol. The maximum absolute atomic E-state index is 11.7. The lowest BCUT2D eigenvalue weighted by Crippen LogP contribution is -2.46. The van der Waals surface area contributed by atoms with Gasteiger partial charge in [-0.05, 0) is 44.4 Å². The summed E-state index contributed by atoms with van der Waals surface area (Å²) >= 11 is 0. The van der Waals surface area contributed by atoms with Gasteiger partial charge in [0, 0.05) is 26.2 Å². The van der Waals surface area contributed by atoms with Crippen LogP contribution in [0.3, 0.4) is 0 Å². The van der Waals surface area contributed by atoms with E-state index in [1.165, 1.54) is 32.1 Å². The highest BCUT2D eigenvalue weighted by Gasteiger charge is 2.28. The Kier molecular flexibility index (Phi) is 5.64. The molecule has 1 saturated heterocycles. The Balaban J connectivity index is 1.90. The number of rotatable bonds is 5. The van der Waals surface area contributed by atoms with Crippen LogP contribution in [0.25, 0.3) is 0 Å². The largest absolute Gasteiger partial charge is 0.377 e. The molecule has 2 rings (SSSR count). The summed E-state index contributed by atoms with van der Waals surface area (Å²) < 4.78 is 5.74. The zero-order valence-electron chi connectivity index (χ0n) is 12.4. The molecule has 4 nitrogen and oxygen atoms in total. The van der Waals surface area contributed by atoms with Gasteiger partial charge in [-0.2, -0.15) is 0 Å². The van der Waals surface area contributed by atoms with Crippen LogP contribution < -0.4 is 5.32 Å². The molecule has 1 N–H and O–H groups in total. The molecule has 0 bridgehead atoms. The van der Waals surface area contributed by atoms with E-state index in [1.807, 2.05) is 0 Å². The molecule has 0 radical (unpaired) electrons. The van der Waals surface area contributed by atoms with Gasteiger partial charge in [-0.15, -0.1) is 0 Å². The number of carbonyl (C=O) groups is 1. The Hall–Kier alpha value is -0.610. The third-order valence-corrected chi connectivity index (χ3v) is 4.59. The van der Waals surface area contributed by atoms with Gasteiger partial charge in [0.05, 0.1) is 12.6 Å². The molecule has 0 aromatic rings. The summed E-state index contributed by atoms with van der Waals surface area (Å²) in [5.41, 5.74) is 0. The Morgan fingerprint density at radius 2 is 2.00 bits per heavy atom. The van der Waals surface area contributed by atoms with Crippen molar-refractivity contribution in [1.82, 2.24) is 10.2 Å². The van der Waals surface area contributed by atoms with Gasteiger partial charge in [0.15, 0.2) is 0 Å². The van der Waals surface area contributed by atoms with Gasteiger partial charge in [0.25, 0.3) is 0 Å². The predicted octanol–water partition coefficient (Wildman–Crippen LogP) is 1.79. The van der Waals surface area contributed by atoms with Crippen LogP contribution in [0.4, 0.5) is 0 Å². The second kappa shape index (κ2) is 7.25. The molecule has 110 valence electrons. The summed E-state index contributed by atoms with van der Waals surface area (Å²) in [6.07, 6.45) is 7.69. The number of hydrogen-bond acceptors (Lipinski definition) is 3. The zero-order valence-corrected chi connectivity index (χ0v) is 12.4. The number of likely N-dealkylation sites (N-methyl/N-ethyl adjacent to an activating group) is 1. The minimum atomic E-state index is 0.122. The molecule has 2 aliphatic rings. The van der Waals surface area contributed by atoms with E-state index in [-0.39, 0.29) is 5.91 Å². The fourth-order valence-corrected chi connectivity index (χ4v) is 3.26. The highest BCUT2D eigenvalue weighted by Crippen LogP contribution is 2.28. The van der Waals surface area contributed by atoms with Gasteiger partial charge >= 0.3 is 0 Å². The Bertz CT molecular complexity index is 282. The molecule has 19 heavy (non-hydrogen) atoms. The van der Waals surface area contributed by atoms with Gasteiger partial charge in [-0.3, -0.25) is 9.69 Å². The lowest BCUT2D eigenvalue weighted by Gasteiger charge is -2.36. The van der Waals surface area contributed by atoms with Crippen LogP contribution in [0.5, 0.6) is 0 Å². The van der Waals surface area contributed by atoms with Crippen LogP contribution in [0.2, 0.25) is 0 Å². The predicted molar refractivity (Wildman–Crippen MR) is 76.0 cm³/mol. The van der Waals surface area contributed by atoms with Crippen molar-refractivity contribution in [2.75, 3.05) is 26.7 Å². The average molecular weight is 268 g/mol. The fraction of sp³-hybridized carbons (Fsp3) is 0.933. The van der Waals surface area contributed by atoms with E-state index in [2.05, 4.69) is 17.1 Å². The Morgan fingerprint density at radius 3 is 2.58 bits per heavy atom. The molecule has 0 aromatic heterocycles. The summed E-state index contributed by atoms with van der Waals surface area (Å²) in [7, 11) is 1.72. The first kappa shape index (κ1) is 14.8. The number of nitrogens with zero attached hydrogens (tertiary/aromatic N) is 1. The minimum Gasteiger partial charge on any atom is -0.377 e. The first-order valence-electron chi connectivity index (χ1n) is 7.75. The molecule has 0 aromatic carbocycles. The fourth-order valence-electron chi connectivity index (χ4n) is 3.26. The van der Waals surface area contributed by atoms with E-state index < -0.39 is 0 Å². The summed E-state index contributed by atoms with van der Waals surface area (Å²) in [6, 6.07) is 0.567. The quantitative estimate of drug-likeness (QED) is 0.826. The SMILES string of the molecule is CNC(=O)CN(C[C@@H]1CCCO1)C1CCC(C)CC1. The maximum atomic E-state index is 11.7. The third-order valence-electron chi connectivity index (χ3n) is 4.59. The zero-order chi connectivity index (χ0) is 13.7. The molecular formula is C15H28N2O2. The van der Waals surface area contributed by atoms with Crippen LogP contribution >= 0.6 is 0 Å². The number of carbonyl (C=O) groups excluding carboxylic acids is 1. The van der Waals surface area contributed by atoms with E-state index in [1.54, 1.807) is 7.05 Å². The molecule has 1 amide bonds. The highest BCUT2D eigenvalue weighted by molar-refractivity contribution is 5.77. The summed E-state index contributed by atoms with van der Waals surface area (Å²) in [6.45, 7) is 4.67. The molecule has 4 heteroatoms. The van der Waals surface area contributed by atoms with Crippen molar-refractivity contribution >= 4 is 5.91 Å². The average Bonchev–Trinajstić information content (AvgIpc) is 2.91.